The van der Waals surface area contributed by atoms with E-state index in [-0.39, 0.29) is 17.3 Å². The molecule has 1 aromatic rings. The predicted molar refractivity (Wildman–Crippen MR) is 66.1 cm³/mol. The predicted octanol–water partition coefficient (Wildman–Crippen LogP) is 5.20. The third-order valence-corrected chi connectivity index (χ3v) is 3.41. The summed E-state index contributed by atoms with van der Waals surface area (Å²) in [6.07, 6.45) is -3.13. The number of thioether (sulfide) groups is 1. The molecule has 1 nitrogen and oxygen atoms in total. The highest BCUT2D eigenvalue weighted by atomic mass is 79.9. The van der Waals surface area contributed by atoms with E-state index in [4.69, 9.17) is 0 Å². The molecule has 0 radical (unpaired) electrons. The molecule has 0 saturated heterocycles. The van der Waals surface area contributed by atoms with E-state index in [1.165, 1.54) is 0 Å². The Kier molecular flexibility index (Phi) is 5.79. The molecule has 0 unspecified atom stereocenters. The lowest BCUT2D eigenvalue weighted by Crippen LogP contribution is -2.08. The fourth-order valence-electron chi connectivity index (χ4n) is 1.40. The van der Waals surface area contributed by atoms with Gasteiger partial charge in [-0.1, -0.05) is 34.1 Å². The van der Waals surface area contributed by atoms with Crippen LogP contribution in [0.3, 0.4) is 0 Å². The lowest BCUT2D eigenvalue weighted by molar-refractivity contribution is -0.0329. The van der Waals surface area contributed by atoms with Crippen molar-refractivity contribution in [1.29, 1.82) is 0 Å². The van der Waals surface area contributed by atoms with E-state index in [0.717, 1.165) is 18.2 Å². The van der Waals surface area contributed by atoms with Crippen molar-refractivity contribution in [2.75, 3.05) is 5.33 Å². The molecule has 1 rings (SSSR count). The van der Waals surface area contributed by atoms with E-state index in [1.54, 1.807) is 0 Å². The first-order valence-electron chi connectivity index (χ1n) is 5.02. The Hall–Kier alpha value is -0.630. The highest BCUT2D eigenvalue weighted by Crippen LogP contribution is 2.43. The molecule has 0 bridgehead atoms. The molecule has 0 saturated carbocycles. The molecule has 0 N–H and O–H groups in total. The third-order valence-electron chi connectivity index (χ3n) is 2.12. The minimum atomic E-state index is -4.73. The zero-order valence-electron chi connectivity index (χ0n) is 9.31. The summed E-state index contributed by atoms with van der Waals surface area (Å²) in [6.45, 7) is 0. The van der Waals surface area contributed by atoms with Gasteiger partial charge in [-0.2, -0.15) is 13.2 Å². The summed E-state index contributed by atoms with van der Waals surface area (Å²) in [5, 5.41) is 0.251. The van der Waals surface area contributed by atoms with Crippen LogP contribution in [0, 0.1) is 0 Å². The van der Waals surface area contributed by atoms with Gasteiger partial charge in [-0.3, -0.25) is 4.79 Å². The summed E-state index contributed by atoms with van der Waals surface area (Å²) in [5.41, 5.74) is -5.82. The number of carbonyl (C=O) groups is 1. The van der Waals surface area contributed by atoms with E-state index in [9.17, 15) is 26.7 Å². The maximum atomic E-state index is 12.7. The number of halogens is 6. The summed E-state index contributed by atoms with van der Waals surface area (Å²) >= 11 is 2.30. The summed E-state index contributed by atoms with van der Waals surface area (Å²) < 4.78 is 62.7. The molecule has 1 aromatic carbocycles. The fraction of sp³-hybridized carbons (Fsp3) is 0.364. The first kappa shape index (κ1) is 16.4. The molecule has 19 heavy (non-hydrogen) atoms. The summed E-state index contributed by atoms with van der Waals surface area (Å²) in [7, 11) is 0. The van der Waals surface area contributed by atoms with Crippen LogP contribution in [0.4, 0.5) is 22.0 Å². The Morgan fingerprint density at radius 3 is 2.42 bits per heavy atom. The molecule has 0 aliphatic rings. The van der Waals surface area contributed by atoms with Crippen LogP contribution in [-0.4, -0.2) is 16.6 Å². The Labute approximate surface area is 118 Å². The van der Waals surface area contributed by atoms with Gasteiger partial charge in [0.1, 0.15) is 0 Å². The van der Waals surface area contributed by atoms with Crippen LogP contribution in [0.2, 0.25) is 0 Å². The fourth-order valence-corrected chi connectivity index (χ4v) is 2.55. The van der Waals surface area contributed by atoms with Gasteiger partial charge in [0.15, 0.2) is 5.78 Å². The Balaban J connectivity index is 3.29. The third kappa shape index (κ3) is 4.76. The Morgan fingerprint density at radius 1 is 1.32 bits per heavy atom. The molecule has 0 atom stereocenters. The SMILES string of the molecule is O=C(CCBr)c1cccc(C(F)F)c1SC(F)(F)F. The second-order valence-corrected chi connectivity index (χ2v) is 5.30. The standard InChI is InChI=1S/C11H8BrF5OS/c12-5-4-8(18)6-2-1-3-7(10(13)14)9(6)19-11(15,16)17/h1-3,10H,4-5H2. The van der Waals surface area contributed by atoms with Crippen molar-refractivity contribution in [3.63, 3.8) is 0 Å². The maximum Gasteiger partial charge on any atom is 0.446 e. The molecule has 8 heteroatoms. The maximum absolute atomic E-state index is 12.7. The second kappa shape index (κ2) is 6.69. The van der Waals surface area contributed by atoms with Gasteiger partial charge < -0.3 is 0 Å². The number of benzene rings is 1. The zero-order chi connectivity index (χ0) is 14.6. The molecule has 106 valence electrons. The largest absolute Gasteiger partial charge is 0.446 e. The van der Waals surface area contributed by atoms with E-state index in [1.807, 2.05) is 0 Å². The topological polar surface area (TPSA) is 17.1 Å². The van der Waals surface area contributed by atoms with Gasteiger partial charge in [-0.25, -0.2) is 8.78 Å². The molecule has 0 spiro atoms. The molecule has 0 aromatic heterocycles. The highest BCUT2D eigenvalue weighted by Gasteiger charge is 2.34. The minimum absolute atomic E-state index is 0.0574. The summed E-state index contributed by atoms with van der Waals surface area (Å²) in [4.78, 5) is 11.0. The number of Topliss-reactive ketones (excluding diaryl/α,β-unsaturated/α-hetero) is 1. The van der Waals surface area contributed by atoms with Crippen molar-refractivity contribution in [2.24, 2.45) is 0 Å². The molecule has 0 amide bonds. The lowest BCUT2D eigenvalue weighted by atomic mass is 10.1. The average Bonchev–Trinajstić information content (AvgIpc) is 2.27. The number of carbonyl (C=O) groups excluding carboxylic acids is 1. The van der Waals surface area contributed by atoms with Gasteiger partial charge in [0.25, 0.3) is 6.43 Å². The number of ketones is 1. The Bertz CT molecular complexity index is 461. The quantitative estimate of drug-likeness (QED) is 0.309. The van der Waals surface area contributed by atoms with Crippen LogP contribution in [-0.2, 0) is 0 Å². The average molecular weight is 363 g/mol. The highest BCUT2D eigenvalue weighted by molar-refractivity contribution is 9.09. The van der Waals surface area contributed by atoms with Gasteiger partial charge >= 0.3 is 5.51 Å². The molecular weight excluding hydrogens is 355 g/mol. The van der Waals surface area contributed by atoms with Crippen LogP contribution in [0.25, 0.3) is 0 Å². The van der Waals surface area contributed by atoms with E-state index >= 15 is 0 Å². The lowest BCUT2D eigenvalue weighted by Gasteiger charge is -2.14. The summed E-state index contributed by atoms with van der Waals surface area (Å²) in [5.74, 6) is -0.605. The number of rotatable bonds is 5. The van der Waals surface area contributed by atoms with E-state index in [0.29, 0.717) is 0 Å². The van der Waals surface area contributed by atoms with Crippen LogP contribution in [0.5, 0.6) is 0 Å². The van der Waals surface area contributed by atoms with Crippen molar-refractivity contribution in [3.8, 4) is 0 Å². The normalized spacial score (nSPS) is 11.9. The van der Waals surface area contributed by atoms with Crippen molar-refractivity contribution >= 4 is 33.5 Å². The van der Waals surface area contributed by atoms with Crippen molar-refractivity contribution in [1.82, 2.24) is 0 Å². The van der Waals surface area contributed by atoms with Crippen LogP contribution < -0.4 is 0 Å². The van der Waals surface area contributed by atoms with E-state index in [2.05, 4.69) is 15.9 Å². The van der Waals surface area contributed by atoms with Crippen LogP contribution in [0.15, 0.2) is 23.1 Å². The minimum Gasteiger partial charge on any atom is -0.294 e. The first-order chi connectivity index (χ1) is 8.76. The summed E-state index contributed by atoms with van der Waals surface area (Å²) in [6, 6.07) is 3.18. The first-order valence-corrected chi connectivity index (χ1v) is 6.96. The molecular formula is C11H8BrF5OS. The van der Waals surface area contributed by atoms with Crippen molar-refractivity contribution in [3.05, 3.63) is 29.3 Å². The molecule has 0 heterocycles. The van der Waals surface area contributed by atoms with E-state index < -0.39 is 39.9 Å². The van der Waals surface area contributed by atoms with Crippen LogP contribution >= 0.6 is 27.7 Å². The van der Waals surface area contributed by atoms with Crippen molar-refractivity contribution in [2.45, 2.75) is 23.3 Å². The van der Waals surface area contributed by atoms with Gasteiger partial charge in [0.2, 0.25) is 0 Å². The molecule has 0 fully saturated rings. The monoisotopic (exact) mass is 362 g/mol. The zero-order valence-corrected chi connectivity index (χ0v) is 11.7. The molecule has 0 aliphatic carbocycles. The van der Waals surface area contributed by atoms with Crippen LogP contribution in [0.1, 0.15) is 28.8 Å². The van der Waals surface area contributed by atoms with Gasteiger partial charge in [-0.05, 0) is 11.8 Å². The second-order valence-electron chi connectivity index (χ2n) is 3.43. The van der Waals surface area contributed by atoms with Gasteiger partial charge in [-0.15, -0.1) is 0 Å². The number of alkyl halides is 6. The van der Waals surface area contributed by atoms with Gasteiger partial charge in [0.05, 0.1) is 0 Å². The number of hydrogen-bond donors (Lipinski definition) is 0. The van der Waals surface area contributed by atoms with Gasteiger partial charge in [0, 0.05) is 27.8 Å². The van der Waals surface area contributed by atoms with Crippen molar-refractivity contribution < 1.29 is 26.7 Å². The number of hydrogen-bond acceptors (Lipinski definition) is 2. The smallest absolute Gasteiger partial charge is 0.294 e. The molecule has 0 aliphatic heterocycles. The Morgan fingerprint density at radius 2 is 1.95 bits per heavy atom.